The molecule has 2 N–H and O–H groups in total. The summed E-state index contributed by atoms with van der Waals surface area (Å²) in [7, 11) is 0. The van der Waals surface area contributed by atoms with Crippen LogP contribution in [0.15, 0.2) is 32.9 Å². The predicted octanol–water partition coefficient (Wildman–Crippen LogP) is 3.49. The van der Waals surface area contributed by atoms with E-state index < -0.39 is 0 Å². The van der Waals surface area contributed by atoms with Crippen molar-refractivity contribution in [3.05, 3.63) is 28.5 Å². The van der Waals surface area contributed by atoms with E-state index in [2.05, 4.69) is 32.9 Å². The quantitative estimate of drug-likeness (QED) is 0.934. The Balaban J connectivity index is 2.36. The fourth-order valence-electron chi connectivity index (χ4n) is 1.58. The zero-order chi connectivity index (χ0) is 13.1. The first kappa shape index (κ1) is 13.4. The van der Waals surface area contributed by atoms with Crippen LogP contribution in [0, 0.1) is 6.92 Å². The van der Waals surface area contributed by atoms with Gasteiger partial charge in [0.25, 0.3) is 0 Å². The average Bonchev–Trinajstić information content (AvgIpc) is 2.60. The molecule has 0 saturated heterocycles. The molecule has 4 nitrogen and oxygen atoms in total. The van der Waals surface area contributed by atoms with Crippen molar-refractivity contribution >= 4 is 33.4 Å². The van der Waals surface area contributed by atoms with Crippen LogP contribution in [0.2, 0.25) is 0 Å². The van der Waals surface area contributed by atoms with Crippen molar-refractivity contribution in [2.24, 2.45) is 0 Å². The summed E-state index contributed by atoms with van der Waals surface area (Å²) in [6, 6.07) is 3.87. The molecule has 0 atom stereocenters. The number of aryl methyl sites for hydroxylation is 2. The summed E-state index contributed by atoms with van der Waals surface area (Å²) in [6.45, 7) is 4.92. The summed E-state index contributed by atoms with van der Waals surface area (Å²) in [5.41, 5.74) is 7.70. The van der Waals surface area contributed by atoms with Crippen molar-refractivity contribution < 1.29 is 0 Å². The minimum atomic E-state index is 0.742. The number of nitrogen functional groups attached to an aromatic ring is 1. The third-order valence-corrected chi connectivity index (χ3v) is 4.52. The first-order valence-corrected chi connectivity index (χ1v) is 7.35. The smallest absolute Gasteiger partial charge is 0.124 e. The number of nitrogens with zero attached hydrogens (tertiary/aromatic N) is 3. The summed E-state index contributed by atoms with van der Waals surface area (Å²) in [4.78, 5) is 4.34. The standard InChI is InChI=1S/C12H15BrN4S/c1-3-7-17-12(10(14)8(2)16-17)18-11-9(13)5-4-6-15-11/h4-6H,3,7,14H2,1-2H3. The second kappa shape index (κ2) is 5.75. The largest absolute Gasteiger partial charge is 0.395 e. The number of nitrogens with two attached hydrogens (primary N) is 1. The van der Waals surface area contributed by atoms with Gasteiger partial charge in [-0.15, -0.1) is 0 Å². The summed E-state index contributed by atoms with van der Waals surface area (Å²) < 4.78 is 2.92. The molecule has 0 aromatic carbocycles. The number of rotatable bonds is 4. The molecule has 0 unspecified atom stereocenters. The maximum atomic E-state index is 6.08. The van der Waals surface area contributed by atoms with Gasteiger partial charge in [0.1, 0.15) is 10.1 Å². The highest BCUT2D eigenvalue weighted by molar-refractivity contribution is 9.10. The molecule has 0 aliphatic heterocycles. The molecule has 2 aromatic heterocycles. The number of anilines is 1. The molecule has 2 heterocycles. The normalized spacial score (nSPS) is 10.8. The lowest BCUT2D eigenvalue weighted by Gasteiger charge is -2.07. The first-order valence-electron chi connectivity index (χ1n) is 5.74. The molecule has 0 radical (unpaired) electrons. The molecule has 2 rings (SSSR count). The van der Waals surface area contributed by atoms with Gasteiger partial charge in [0, 0.05) is 12.7 Å². The average molecular weight is 327 g/mol. The fraction of sp³-hybridized carbons (Fsp3) is 0.333. The maximum Gasteiger partial charge on any atom is 0.124 e. The summed E-state index contributed by atoms with van der Waals surface area (Å²) in [5, 5.41) is 6.32. The Hall–Kier alpha value is -1.01. The van der Waals surface area contributed by atoms with Crippen LogP contribution >= 0.6 is 27.7 Å². The molecule has 0 bridgehead atoms. The van der Waals surface area contributed by atoms with Crippen molar-refractivity contribution in [3.63, 3.8) is 0 Å². The predicted molar refractivity (Wildman–Crippen MR) is 77.7 cm³/mol. The number of hydrogen-bond donors (Lipinski definition) is 1. The van der Waals surface area contributed by atoms with Gasteiger partial charge in [-0.1, -0.05) is 6.92 Å². The molecule has 0 fully saturated rings. The maximum absolute atomic E-state index is 6.08. The van der Waals surface area contributed by atoms with Crippen LogP contribution in [0.5, 0.6) is 0 Å². The van der Waals surface area contributed by atoms with Crippen LogP contribution in [0.1, 0.15) is 19.0 Å². The van der Waals surface area contributed by atoms with Gasteiger partial charge >= 0.3 is 0 Å². The van der Waals surface area contributed by atoms with E-state index in [0.29, 0.717) is 0 Å². The van der Waals surface area contributed by atoms with Gasteiger partial charge in [-0.2, -0.15) is 5.10 Å². The van der Waals surface area contributed by atoms with Crippen molar-refractivity contribution in [3.8, 4) is 0 Å². The summed E-state index contributed by atoms with van der Waals surface area (Å²) in [6.07, 6.45) is 2.80. The molecule has 0 aliphatic carbocycles. The third-order valence-electron chi connectivity index (χ3n) is 2.48. The number of pyridine rings is 1. The van der Waals surface area contributed by atoms with Crippen LogP contribution in [0.3, 0.4) is 0 Å². The van der Waals surface area contributed by atoms with Gasteiger partial charge in [0.15, 0.2) is 0 Å². The second-order valence-electron chi connectivity index (χ2n) is 3.92. The molecule has 0 aliphatic rings. The molecular formula is C12H15BrN4S. The lowest BCUT2D eigenvalue weighted by Crippen LogP contribution is -2.01. The monoisotopic (exact) mass is 326 g/mol. The zero-order valence-corrected chi connectivity index (χ0v) is 12.8. The van der Waals surface area contributed by atoms with Crippen LogP contribution in [-0.4, -0.2) is 14.8 Å². The first-order chi connectivity index (χ1) is 8.63. The van der Waals surface area contributed by atoms with Crippen LogP contribution < -0.4 is 5.73 Å². The minimum Gasteiger partial charge on any atom is -0.395 e. The van der Waals surface area contributed by atoms with Gasteiger partial charge < -0.3 is 5.73 Å². The molecular weight excluding hydrogens is 312 g/mol. The Morgan fingerprint density at radius 3 is 2.94 bits per heavy atom. The van der Waals surface area contributed by atoms with Crippen LogP contribution in [-0.2, 0) is 6.54 Å². The van der Waals surface area contributed by atoms with E-state index in [1.165, 1.54) is 0 Å². The third kappa shape index (κ3) is 2.70. The Bertz CT molecular complexity index is 553. The lowest BCUT2D eigenvalue weighted by atomic mass is 10.4. The van der Waals surface area contributed by atoms with Crippen LogP contribution in [0.25, 0.3) is 0 Å². The second-order valence-corrected chi connectivity index (χ2v) is 5.75. The molecule has 2 aromatic rings. The van der Waals surface area contributed by atoms with Gasteiger partial charge in [-0.3, -0.25) is 4.68 Å². The highest BCUT2D eigenvalue weighted by atomic mass is 79.9. The molecule has 0 amide bonds. The highest BCUT2D eigenvalue weighted by Crippen LogP contribution is 2.36. The Labute approximate surface area is 119 Å². The van der Waals surface area contributed by atoms with E-state index in [4.69, 9.17) is 5.73 Å². The highest BCUT2D eigenvalue weighted by Gasteiger charge is 2.15. The van der Waals surface area contributed by atoms with Crippen molar-refractivity contribution in [2.45, 2.75) is 36.9 Å². The Kier molecular flexibility index (Phi) is 4.29. The van der Waals surface area contributed by atoms with Gasteiger partial charge in [-0.05, 0) is 53.2 Å². The fourth-order valence-corrected chi connectivity index (χ4v) is 3.04. The van der Waals surface area contributed by atoms with Crippen LogP contribution in [0.4, 0.5) is 5.69 Å². The number of aromatic nitrogens is 3. The van der Waals surface area contributed by atoms with Crippen molar-refractivity contribution in [2.75, 3.05) is 5.73 Å². The molecule has 0 spiro atoms. The van der Waals surface area contributed by atoms with Crippen molar-refractivity contribution in [1.82, 2.24) is 14.8 Å². The molecule has 6 heteroatoms. The van der Waals surface area contributed by atoms with E-state index in [1.54, 1.807) is 18.0 Å². The zero-order valence-electron chi connectivity index (χ0n) is 10.4. The van der Waals surface area contributed by atoms with E-state index in [9.17, 15) is 0 Å². The van der Waals surface area contributed by atoms with Gasteiger partial charge in [0.2, 0.25) is 0 Å². The molecule has 0 saturated carbocycles. The van der Waals surface area contributed by atoms with E-state index in [1.807, 2.05) is 23.7 Å². The molecule has 96 valence electrons. The van der Waals surface area contributed by atoms with Crippen molar-refractivity contribution in [1.29, 1.82) is 0 Å². The van der Waals surface area contributed by atoms with Gasteiger partial charge in [0.05, 0.1) is 15.9 Å². The topological polar surface area (TPSA) is 56.7 Å². The Morgan fingerprint density at radius 1 is 1.50 bits per heavy atom. The SMILES string of the molecule is CCCn1nc(C)c(N)c1Sc1ncccc1Br. The lowest BCUT2D eigenvalue weighted by molar-refractivity contribution is 0.556. The number of hydrogen-bond acceptors (Lipinski definition) is 4. The summed E-state index contributed by atoms with van der Waals surface area (Å²) >= 11 is 5.04. The molecule has 18 heavy (non-hydrogen) atoms. The van der Waals surface area contributed by atoms with E-state index in [-0.39, 0.29) is 0 Å². The number of halogens is 1. The summed E-state index contributed by atoms with van der Waals surface area (Å²) in [5.74, 6) is 0. The Morgan fingerprint density at radius 2 is 2.28 bits per heavy atom. The van der Waals surface area contributed by atoms with E-state index in [0.717, 1.165) is 38.9 Å². The minimum absolute atomic E-state index is 0.742. The van der Waals surface area contributed by atoms with Gasteiger partial charge in [-0.25, -0.2) is 4.98 Å². The van der Waals surface area contributed by atoms with E-state index >= 15 is 0 Å².